The molecule has 2 heterocycles. The van der Waals surface area contributed by atoms with Crippen molar-refractivity contribution < 1.29 is 0 Å². The van der Waals surface area contributed by atoms with Gasteiger partial charge in [0.2, 0.25) is 0 Å². The van der Waals surface area contributed by atoms with Gasteiger partial charge in [0.15, 0.2) is 0 Å². The van der Waals surface area contributed by atoms with Gasteiger partial charge in [0.25, 0.3) is 0 Å². The van der Waals surface area contributed by atoms with Crippen molar-refractivity contribution in [2.24, 2.45) is 0 Å². The van der Waals surface area contributed by atoms with Crippen LogP contribution in [-0.2, 0) is 0 Å². The van der Waals surface area contributed by atoms with Crippen LogP contribution in [0, 0.1) is 18.3 Å². The fraction of sp³-hybridized carbons (Fsp3) is 0.0345. The summed E-state index contributed by atoms with van der Waals surface area (Å²) >= 11 is 0. The van der Waals surface area contributed by atoms with Crippen LogP contribution in [-0.4, -0.2) is 9.38 Å². The van der Waals surface area contributed by atoms with Gasteiger partial charge in [-0.05, 0) is 41.1 Å². The second kappa shape index (κ2) is 7.08. The molecule has 0 unspecified atom stereocenters. The lowest BCUT2D eigenvalue weighted by atomic mass is 9.87. The number of aromatic nitrogens is 2. The van der Waals surface area contributed by atoms with Crippen LogP contribution in [0.2, 0.25) is 0 Å². The third kappa shape index (κ3) is 2.71. The van der Waals surface area contributed by atoms with Crippen LogP contribution >= 0.6 is 0 Å². The molecule has 3 nitrogen and oxygen atoms in total. The van der Waals surface area contributed by atoms with Crippen molar-refractivity contribution >= 4 is 27.5 Å². The van der Waals surface area contributed by atoms with Crippen LogP contribution in [0.25, 0.3) is 49.7 Å². The molecule has 0 spiro atoms. The maximum atomic E-state index is 9.41. The molecule has 0 fully saturated rings. The molecule has 0 aliphatic carbocycles. The summed E-state index contributed by atoms with van der Waals surface area (Å²) in [5.41, 5.74) is 9.29. The number of hydrogen-bond acceptors (Lipinski definition) is 2. The first-order chi connectivity index (χ1) is 15.7. The normalized spacial score (nSPS) is 11.2. The maximum absolute atomic E-state index is 9.41. The molecule has 6 rings (SSSR count). The Labute approximate surface area is 185 Å². The predicted molar refractivity (Wildman–Crippen MR) is 131 cm³/mol. The number of benzene rings is 4. The van der Waals surface area contributed by atoms with E-state index in [1.807, 2.05) is 24.4 Å². The standard InChI is InChI=1S/C29H19N3/c1-19-12-13-23-24(16-19)26(21-8-4-2-5-9-21)27(22-10-6-3-7-11-22)29-28(23)31-25-17-20(18-30)14-15-32(25)29/h2-17H,1H3. The SMILES string of the molecule is Cc1ccc2c(c1)c(-c1ccccc1)c(-c1ccccc1)c1c2nc2cc(C#N)ccn21. The van der Waals surface area contributed by atoms with E-state index in [0.717, 1.165) is 33.2 Å². The van der Waals surface area contributed by atoms with Crippen molar-refractivity contribution in [2.45, 2.75) is 6.92 Å². The molecule has 150 valence electrons. The molecule has 0 aliphatic heterocycles. The van der Waals surface area contributed by atoms with Gasteiger partial charge in [0.05, 0.1) is 22.7 Å². The fourth-order valence-electron chi connectivity index (χ4n) is 4.66. The van der Waals surface area contributed by atoms with Gasteiger partial charge in [-0.25, -0.2) is 4.98 Å². The number of fused-ring (bicyclic) bond motifs is 5. The average Bonchev–Trinajstić information content (AvgIpc) is 3.22. The summed E-state index contributed by atoms with van der Waals surface area (Å²) in [4.78, 5) is 5.01. The van der Waals surface area contributed by atoms with E-state index in [0.29, 0.717) is 5.56 Å². The minimum absolute atomic E-state index is 0.609. The zero-order chi connectivity index (χ0) is 21.7. The lowest BCUT2D eigenvalue weighted by Gasteiger charge is -2.17. The Morgan fingerprint density at radius 1 is 0.750 bits per heavy atom. The Hall–Kier alpha value is -4.42. The van der Waals surface area contributed by atoms with Gasteiger partial charge >= 0.3 is 0 Å². The molecule has 6 aromatic rings. The van der Waals surface area contributed by atoms with E-state index in [1.165, 1.54) is 22.1 Å². The highest BCUT2D eigenvalue weighted by atomic mass is 15.0. The Bertz CT molecular complexity index is 1670. The first-order valence-electron chi connectivity index (χ1n) is 10.6. The molecule has 0 atom stereocenters. The van der Waals surface area contributed by atoms with E-state index < -0.39 is 0 Å². The number of hydrogen-bond donors (Lipinski definition) is 0. The first-order valence-corrected chi connectivity index (χ1v) is 10.6. The van der Waals surface area contributed by atoms with Crippen molar-refractivity contribution in [2.75, 3.05) is 0 Å². The molecular weight excluding hydrogens is 390 g/mol. The number of rotatable bonds is 2. The van der Waals surface area contributed by atoms with Crippen molar-refractivity contribution in [3.05, 3.63) is 108 Å². The lowest BCUT2D eigenvalue weighted by molar-refractivity contribution is 1.22. The monoisotopic (exact) mass is 409 g/mol. The summed E-state index contributed by atoms with van der Waals surface area (Å²) in [5.74, 6) is 0. The van der Waals surface area contributed by atoms with Crippen LogP contribution in [0.15, 0.2) is 97.2 Å². The van der Waals surface area contributed by atoms with E-state index in [2.05, 4.69) is 90.2 Å². The van der Waals surface area contributed by atoms with Gasteiger partial charge in [-0.1, -0.05) is 84.4 Å². The number of nitriles is 1. The molecule has 32 heavy (non-hydrogen) atoms. The smallest absolute Gasteiger partial charge is 0.139 e. The average molecular weight is 409 g/mol. The van der Waals surface area contributed by atoms with E-state index in [-0.39, 0.29) is 0 Å². The fourth-order valence-corrected chi connectivity index (χ4v) is 4.66. The number of imidazole rings is 1. The van der Waals surface area contributed by atoms with Crippen molar-refractivity contribution in [1.29, 1.82) is 5.26 Å². The Morgan fingerprint density at radius 3 is 2.12 bits per heavy atom. The number of nitrogens with zero attached hydrogens (tertiary/aromatic N) is 3. The summed E-state index contributed by atoms with van der Waals surface area (Å²) in [7, 11) is 0. The van der Waals surface area contributed by atoms with Gasteiger partial charge in [0.1, 0.15) is 5.65 Å². The van der Waals surface area contributed by atoms with Crippen LogP contribution in [0.4, 0.5) is 0 Å². The Balaban J connectivity index is 1.93. The Kier molecular flexibility index (Phi) is 4.06. The van der Waals surface area contributed by atoms with Gasteiger partial charge in [-0.15, -0.1) is 0 Å². The number of pyridine rings is 1. The molecule has 0 saturated carbocycles. The highest BCUT2D eigenvalue weighted by Gasteiger charge is 2.21. The highest BCUT2D eigenvalue weighted by molar-refractivity contribution is 6.20. The van der Waals surface area contributed by atoms with Crippen molar-refractivity contribution in [1.82, 2.24) is 9.38 Å². The molecule has 2 aromatic heterocycles. The van der Waals surface area contributed by atoms with Crippen LogP contribution in [0.1, 0.15) is 11.1 Å². The zero-order valence-corrected chi connectivity index (χ0v) is 17.6. The summed E-state index contributed by atoms with van der Waals surface area (Å²) in [6.45, 7) is 2.13. The second-order valence-electron chi connectivity index (χ2n) is 8.10. The quantitative estimate of drug-likeness (QED) is 0.304. The third-order valence-electron chi connectivity index (χ3n) is 6.07. The summed E-state index contributed by atoms with van der Waals surface area (Å²) in [6.07, 6.45) is 1.96. The molecule has 0 bridgehead atoms. The predicted octanol–water partition coefficient (Wildman–Crippen LogP) is 7.15. The Morgan fingerprint density at radius 2 is 1.44 bits per heavy atom. The minimum Gasteiger partial charge on any atom is -0.299 e. The first kappa shape index (κ1) is 18.4. The van der Waals surface area contributed by atoms with E-state index in [1.54, 1.807) is 0 Å². The van der Waals surface area contributed by atoms with Gasteiger partial charge in [-0.3, -0.25) is 4.40 Å². The topological polar surface area (TPSA) is 41.1 Å². The molecule has 0 aliphatic rings. The number of aryl methyl sites for hydroxylation is 1. The van der Waals surface area contributed by atoms with Gasteiger partial charge in [0, 0.05) is 17.1 Å². The summed E-state index contributed by atoms with van der Waals surface area (Å²) < 4.78 is 2.12. The van der Waals surface area contributed by atoms with Crippen molar-refractivity contribution in [3.8, 4) is 28.3 Å². The van der Waals surface area contributed by atoms with Crippen LogP contribution in [0.5, 0.6) is 0 Å². The van der Waals surface area contributed by atoms with E-state index >= 15 is 0 Å². The minimum atomic E-state index is 0.609. The summed E-state index contributed by atoms with van der Waals surface area (Å²) in [6, 6.07) is 33.6. The zero-order valence-electron chi connectivity index (χ0n) is 17.6. The molecule has 4 aromatic carbocycles. The molecule has 0 saturated heterocycles. The molecule has 0 N–H and O–H groups in total. The highest BCUT2D eigenvalue weighted by Crippen LogP contribution is 2.44. The third-order valence-corrected chi connectivity index (χ3v) is 6.07. The van der Waals surface area contributed by atoms with Crippen LogP contribution in [0.3, 0.4) is 0 Å². The van der Waals surface area contributed by atoms with Crippen LogP contribution < -0.4 is 0 Å². The molecular formula is C29H19N3. The molecule has 3 heteroatoms. The van der Waals surface area contributed by atoms with E-state index in [4.69, 9.17) is 4.98 Å². The summed E-state index contributed by atoms with van der Waals surface area (Å²) in [5, 5.41) is 11.7. The van der Waals surface area contributed by atoms with Gasteiger partial charge in [-0.2, -0.15) is 5.26 Å². The largest absolute Gasteiger partial charge is 0.299 e. The van der Waals surface area contributed by atoms with Crippen molar-refractivity contribution in [3.63, 3.8) is 0 Å². The maximum Gasteiger partial charge on any atom is 0.139 e. The second-order valence-corrected chi connectivity index (χ2v) is 8.10. The lowest BCUT2D eigenvalue weighted by Crippen LogP contribution is -1.94. The van der Waals surface area contributed by atoms with E-state index in [9.17, 15) is 5.26 Å². The van der Waals surface area contributed by atoms with Gasteiger partial charge < -0.3 is 0 Å². The molecule has 0 amide bonds. The molecule has 0 radical (unpaired) electrons.